The van der Waals surface area contributed by atoms with Gasteiger partial charge in [-0.15, -0.1) is 11.3 Å². The fourth-order valence-electron chi connectivity index (χ4n) is 2.23. The summed E-state index contributed by atoms with van der Waals surface area (Å²) in [5.41, 5.74) is 7.93. The van der Waals surface area contributed by atoms with Crippen LogP contribution < -0.4 is 5.73 Å². The summed E-state index contributed by atoms with van der Waals surface area (Å²) in [6, 6.07) is 12.4. The molecule has 3 nitrogen and oxygen atoms in total. The maximum atomic E-state index is 5.81. The molecule has 2 N–H and O–H groups in total. The average Bonchev–Trinajstić information content (AvgIpc) is 3.08. The predicted molar refractivity (Wildman–Crippen MR) is 91.0 cm³/mol. The topological polar surface area (TPSA) is 41.6 Å². The van der Waals surface area contributed by atoms with E-state index in [1.165, 1.54) is 4.88 Å². The van der Waals surface area contributed by atoms with Crippen molar-refractivity contribution in [3.05, 3.63) is 56.7 Å². The van der Waals surface area contributed by atoms with Gasteiger partial charge in [-0.05, 0) is 41.4 Å². The molecule has 2 heterocycles. The Labute approximate surface area is 135 Å². The third-order valence-electron chi connectivity index (χ3n) is 3.19. The van der Waals surface area contributed by atoms with Crippen LogP contribution >= 0.6 is 39.5 Å². The molecule has 0 fully saturated rings. The number of thiophene rings is 1. The highest BCUT2D eigenvalue weighted by molar-refractivity contribution is 9.10. The standard InChI is InChI=1S/C14H12BrN3S2/c15-10-5-3-9(4-6-10)11-8-12(13-2-1-7-20-13)18(17-11)14(16)19/h1-7,12H,8H2,(H2,16,19). The summed E-state index contributed by atoms with van der Waals surface area (Å²) in [6.45, 7) is 0. The molecule has 6 heteroatoms. The molecule has 1 aliphatic rings. The number of rotatable bonds is 2. The predicted octanol–water partition coefficient (Wildman–Crippen LogP) is 3.91. The van der Waals surface area contributed by atoms with Gasteiger partial charge in [0.15, 0.2) is 5.11 Å². The number of benzene rings is 1. The van der Waals surface area contributed by atoms with Gasteiger partial charge in [0, 0.05) is 15.8 Å². The lowest BCUT2D eigenvalue weighted by Crippen LogP contribution is -2.31. The van der Waals surface area contributed by atoms with Crippen molar-refractivity contribution >= 4 is 50.3 Å². The number of hydrazone groups is 1. The van der Waals surface area contributed by atoms with Crippen LogP contribution in [0, 0.1) is 0 Å². The van der Waals surface area contributed by atoms with E-state index in [0.717, 1.165) is 22.2 Å². The molecular formula is C14H12BrN3S2. The van der Waals surface area contributed by atoms with Crippen molar-refractivity contribution in [2.45, 2.75) is 12.5 Å². The number of halogens is 1. The first-order valence-corrected chi connectivity index (χ1v) is 8.19. The summed E-state index contributed by atoms with van der Waals surface area (Å²) in [5, 5.41) is 8.72. The molecule has 1 aromatic carbocycles. The van der Waals surface area contributed by atoms with Gasteiger partial charge in [-0.3, -0.25) is 0 Å². The maximum absolute atomic E-state index is 5.81. The normalized spacial score (nSPS) is 18.1. The molecule has 0 aliphatic carbocycles. The van der Waals surface area contributed by atoms with Crippen LogP contribution in [-0.2, 0) is 0 Å². The number of nitrogens with two attached hydrogens (primary N) is 1. The molecule has 1 atom stereocenters. The van der Waals surface area contributed by atoms with Crippen molar-refractivity contribution in [3.63, 3.8) is 0 Å². The highest BCUT2D eigenvalue weighted by atomic mass is 79.9. The Kier molecular flexibility index (Phi) is 3.87. The average molecular weight is 366 g/mol. The van der Waals surface area contributed by atoms with E-state index in [2.05, 4.69) is 44.6 Å². The minimum atomic E-state index is 0.117. The molecule has 0 amide bonds. The van der Waals surface area contributed by atoms with E-state index in [1.807, 2.05) is 18.2 Å². The minimum Gasteiger partial charge on any atom is -0.375 e. The van der Waals surface area contributed by atoms with Crippen molar-refractivity contribution in [2.75, 3.05) is 0 Å². The van der Waals surface area contributed by atoms with Crippen molar-refractivity contribution in [1.29, 1.82) is 0 Å². The zero-order chi connectivity index (χ0) is 14.1. The molecule has 1 aliphatic heterocycles. The van der Waals surface area contributed by atoms with Gasteiger partial charge in [0.1, 0.15) is 0 Å². The molecule has 102 valence electrons. The highest BCUT2D eigenvalue weighted by Crippen LogP contribution is 2.34. The lowest BCUT2D eigenvalue weighted by molar-refractivity contribution is 0.378. The summed E-state index contributed by atoms with van der Waals surface area (Å²) in [6.07, 6.45) is 0.819. The fraction of sp³-hybridized carbons (Fsp3) is 0.143. The summed E-state index contributed by atoms with van der Waals surface area (Å²) < 4.78 is 1.06. The zero-order valence-corrected chi connectivity index (χ0v) is 13.7. The molecule has 20 heavy (non-hydrogen) atoms. The first-order valence-electron chi connectivity index (χ1n) is 6.10. The lowest BCUT2D eigenvalue weighted by Gasteiger charge is -2.20. The number of hydrogen-bond donors (Lipinski definition) is 1. The molecule has 0 saturated heterocycles. The van der Waals surface area contributed by atoms with Crippen LogP contribution in [0.25, 0.3) is 0 Å². The van der Waals surface area contributed by atoms with Gasteiger partial charge in [-0.2, -0.15) is 5.10 Å². The van der Waals surface area contributed by atoms with Crippen LogP contribution in [0.15, 0.2) is 51.4 Å². The van der Waals surface area contributed by atoms with E-state index in [4.69, 9.17) is 18.0 Å². The van der Waals surface area contributed by atoms with Gasteiger partial charge in [-0.25, -0.2) is 5.01 Å². The van der Waals surface area contributed by atoms with Gasteiger partial charge in [0.25, 0.3) is 0 Å². The smallest absolute Gasteiger partial charge is 0.187 e. The third-order valence-corrected chi connectivity index (χ3v) is 4.87. The van der Waals surface area contributed by atoms with E-state index in [0.29, 0.717) is 5.11 Å². The quantitative estimate of drug-likeness (QED) is 0.820. The molecule has 0 radical (unpaired) electrons. The van der Waals surface area contributed by atoms with Crippen molar-refractivity contribution < 1.29 is 0 Å². The Morgan fingerprint density at radius 1 is 1.35 bits per heavy atom. The van der Waals surface area contributed by atoms with E-state index in [-0.39, 0.29) is 6.04 Å². The SMILES string of the molecule is NC(=S)N1N=C(c2ccc(Br)cc2)CC1c1cccs1. The summed E-state index contributed by atoms with van der Waals surface area (Å²) >= 11 is 10.3. The molecule has 3 rings (SSSR count). The lowest BCUT2D eigenvalue weighted by atomic mass is 10.0. The maximum Gasteiger partial charge on any atom is 0.187 e. The second-order valence-electron chi connectivity index (χ2n) is 4.47. The van der Waals surface area contributed by atoms with Crippen LogP contribution in [0.3, 0.4) is 0 Å². The molecule has 0 bridgehead atoms. The van der Waals surface area contributed by atoms with Crippen molar-refractivity contribution in [3.8, 4) is 0 Å². The van der Waals surface area contributed by atoms with Gasteiger partial charge < -0.3 is 5.73 Å². The van der Waals surface area contributed by atoms with Gasteiger partial charge >= 0.3 is 0 Å². The number of thiocarbonyl (C=S) groups is 1. The zero-order valence-electron chi connectivity index (χ0n) is 10.5. The van der Waals surface area contributed by atoms with Crippen LogP contribution in [0.5, 0.6) is 0 Å². The van der Waals surface area contributed by atoms with E-state index < -0.39 is 0 Å². The fourth-order valence-corrected chi connectivity index (χ4v) is 3.48. The summed E-state index contributed by atoms with van der Waals surface area (Å²) in [4.78, 5) is 1.23. The monoisotopic (exact) mass is 365 g/mol. The number of hydrogen-bond acceptors (Lipinski definition) is 3. The Morgan fingerprint density at radius 2 is 2.10 bits per heavy atom. The molecule has 0 spiro atoms. The van der Waals surface area contributed by atoms with E-state index in [1.54, 1.807) is 16.3 Å². The Morgan fingerprint density at radius 3 is 2.70 bits per heavy atom. The van der Waals surface area contributed by atoms with Crippen molar-refractivity contribution in [1.82, 2.24) is 5.01 Å². The van der Waals surface area contributed by atoms with Crippen molar-refractivity contribution in [2.24, 2.45) is 10.8 Å². The van der Waals surface area contributed by atoms with Crippen LogP contribution in [0.1, 0.15) is 22.9 Å². The first kappa shape index (κ1) is 13.7. The Bertz CT molecular complexity index is 650. The Hall–Kier alpha value is -1.24. The molecular weight excluding hydrogens is 354 g/mol. The van der Waals surface area contributed by atoms with Gasteiger partial charge in [-0.1, -0.05) is 34.1 Å². The molecule has 1 unspecified atom stereocenters. The first-order chi connectivity index (χ1) is 9.65. The molecule has 2 aromatic rings. The Balaban J connectivity index is 1.92. The van der Waals surface area contributed by atoms with Gasteiger partial charge in [0.2, 0.25) is 0 Å². The summed E-state index contributed by atoms with van der Waals surface area (Å²) in [5.74, 6) is 0. The van der Waals surface area contributed by atoms with E-state index in [9.17, 15) is 0 Å². The minimum absolute atomic E-state index is 0.117. The second kappa shape index (κ2) is 5.63. The summed E-state index contributed by atoms with van der Waals surface area (Å²) in [7, 11) is 0. The van der Waals surface area contributed by atoms with Crippen LogP contribution in [0.4, 0.5) is 0 Å². The third kappa shape index (κ3) is 2.63. The van der Waals surface area contributed by atoms with E-state index >= 15 is 0 Å². The van der Waals surface area contributed by atoms with Crippen LogP contribution in [0.2, 0.25) is 0 Å². The second-order valence-corrected chi connectivity index (χ2v) is 6.78. The largest absolute Gasteiger partial charge is 0.375 e. The van der Waals surface area contributed by atoms with Crippen LogP contribution in [-0.4, -0.2) is 15.8 Å². The molecule has 1 aromatic heterocycles. The number of nitrogens with zero attached hydrogens (tertiary/aromatic N) is 2. The van der Waals surface area contributed by atoms with Gasteiger partial charge in [0.05, 0.1) is 11.8 Å². The molecule has 0 saturated carbocycles. The highest BCUT2D eigenvalue weighted by Gasteiger charge is 2.30.